The summed E-state index contributed by atoms with van der Waals surface area (Å²) in [6.07, 6.45) is 0. The number of carbonyl (C=O) groups is 1. The predicted octanol–water partition coefficient (Wildman–Crippen LogP) is 4.79. The van der Waals surface area contributed by atoms with Crippen LogP contribution in [0.5, 0.6) is 0 Å². The van der Waals surface area contributed by atoms with Gasteiger partial charge in [-0.2, -0.15) is 0 Å². The maximum atomic E-state index is 12.4. The van der Waals surface area contributed by atoms with E-state index in [-0.39, 0.29) is 5.78 Å². The van der Waals surface area contributed by atoms with Crippen LogP contribution in [0.25, 0.3) is 10.1 Å². The fourth-order valence-electron chi connectivity index (χ4n) is 1.87. The first-order valence-electron chi connectivity index (χ1n) is 5.53. The van der Waals surface area contributed by atoms with Gasteiger partial charge in [-0.1, -0.05) is 41.9 Å². The molecular weight excluding hydrogens is 264 g/mol. The molecule has 0 spiro atoms. The van der Waals surface area contributed by atoms with E-state index in [9.17, 15) is 4.79 Å². The number of halogens is 1. The van der Waals surface area contributed by atoms with Gasteiger partial charge in [0.1, 0.15) is 0 Å². The topological polar surface area (TPSA) is 17.1 Å². The average molecular weight is 273 g/mol. The zero-order valence-corrected chi connectivity index (χ0v) is 11.0. The molecule has 18 heavy (non-hydrogen) atoms. The highest BCUT2D eigenvalue weighted by molar-refractivity contribution is 7.21. The monoisotopic (exact) mass is 272 g/mol. The summed E-state index contributed by atoms with van der Waals surface area (Å²) in [6.45, 7) is 0. The van der Waals surface area contributed by atoms with E-state index in [1.54, 1.807) is 12.1 Å². The molecule has 3 heteroatoms. The summed E-state index contributed by atoms with van der Waals surface area (Å²) in [4.78, 5) is 13.1. The van der Waals surface area contributed by atoms with Gasteiger partial charge in [0.2, 0.25) is 5.78 Å². The number of benzene rings is 2. The quantitative estimate of drug-likeness (QED) is 0.613. The third-order valence-electron chi connectivity index (χ3n) is 2.77. The van der Waals surface area contributed by atoms with Crippen molar-refractivity contribution in [3.8, 4) is 0 Å². The molecule has 3 rings (SSSR count). The molecule has 0 unspecified atom stereocenters. The highest BCUT2D eigenvalue weighted by Crippen LogP contribution is 2.28. The fourth-order valence-corrected chi connectivity index (χ4v) is 3.11. The molecule has 3 aromatic rings. The fraction of sp³-hybridized carbons (Fsp3) is 0. The highest BCUT2D eigenvalue weighted by atomic mass is 35.5. The van der Waals surface area contributed by atoms with Gasteiger partial charge in [-0.25, -0.2) is 0 Å². The molecule has 0 fully saturated rings. The summed E-state index contributed by atoms with van der Waals surface area (Å²) in [5.41, 5.74) is 0.561. The van der Waals surface area contributed by atoms with Crippen molar-refractivity contribution in [1.29, 1.82) is 0 Å². The van der Waals surface area contributed by atoms with Crippen LogP contribution in [0.3, 0.4) is 0 Å². The molecule has 0 atom stereocenters. The van der Waals surface area contributed by atoms with Crippen molar-refractivity contribution in [2.45, 2.75) is 0 Å². The van der Waals surface area contributed by atoms with E-state index < -0.39 is 0 Å². The van der Waals surface area contributed by atoms with Crippen LogP contribution in [0.15, 0.2) is 54.6 Å². The highest BCUT2D eigenvalue weighted by Gasteiger charge is 2.14. The van der Waals surface area contributed by atoms with Gasteiger partial charge in [-0.15, -0.1) is 11.3 Å². The van der Waals surface area contributed by atoms with E-state index in [0.29, 0.717) is 10.6 Å². The average Bonchev–Trinajstić information content (AvgIpc) is 2.82. The number of ketones is 1. The van der Waals surface area contributed by atoms with Crippen LogP contribution < -0.4 is 0 Å². The lowest BCUT2D eigenvalue weighted by Crippen LogP contribution is -1.98. The van der Waals surface area contributed by atoms with E-state index >= 15 is 0 Å². The van der Waals surface area contributed by atoms with Gasteiger partial charge >= 0.3 is 0 Å². The SMILES string of the molecule is O=C(c1cc2ccccc2s1)c1ccccc1Cl. The first-order valence-corrected chi connectivity index (χ1v) is 6.73. The van der Waals surface area contributed by atoms with Gasteiger partial charge in [0.25, 0.3) is 0 Å². The van der Waals surface area contributed by atoms with Gasteiger partial charge in [-0.3, -0.25) is 4.79 Å². The molecule has 0 aliphatic carbocycles. The van der Waals surface area contributed by atoms with Gasteiger partial charge in [-0.05, 0) is 29.7 Å². The number of carbonyl (C=O) groups excluding carboxylic acids is 1. The van der Waals surface area contributed by atoms with Crippen molar-refractivity contribution in [3.63, 3.8) is 0 Å². The van der Waals surface area contributed by atoms with Crippen LogP contribution in [0.4, 0.5) is 0 Å². The van der Waals surface area contributed by atoms with Crippen molar-refractivity contribution in [3.05, 3.63) is 70.1 Å². The van der Waals surface area contributed by atoms with Gasteiger partial charge in [0.15, 0.2) is 0 Å². The maximum Gasteiger partial charge on any atom is 0.204 e. The largest absolute Gasteiger partial charge is 0.288 e. The minimum atomic E-state index is -0.0122. The Hall–Kier alpha value is -1.64. The third kappa shape index (κ3) is 1.94. The lowest BCUT2D eigenvalue weighted by atomic mass is 10.1. The molecule has 0 saturated heterocycles. The van der Waals surface area contributed by atoms with Crippen molar-refractivity contribution < 1.29 is 4.79 Å². The summed E-state index contributed by atoms with van der Waals surface area (Å²) in [7, 11) is 0. The second kappa shape index (κ2) is 4.56. The smallest absolute Gasteiger partial charge is 0.204 e. The Bertz CT molecular complexity index is 697. The van der Waals surface area contributed by atoms with Crippen LogP contribution in [0.1, 0.15) is 15.2 Å². The summed E-state index contributed by atoms with van der Waals surface area (Å²) in [6, 6.07) is 17.0. The predicted molar refractivity (Wildman–Crippen MR) is 76.7 cm³/mol. The Morgan fingerprint density at radius 3 is 2.50 bits per heavy atom. The van der Waals surface area contributed by atoms with Crippen LogP contribution >= 0.6 is 22.9 Å². The Morgan fingerprint density at radius 1 is 1.00 bits per heavy atom. The molecule has 1 aromatic heterocycles. The maximum absolute atomic E-state index is 12.4. The Kier molecular flexibility index (Phi) is 2.90. The Labute approximate surface area is 114 Å². The third-order valence-corrected chi connectivity index (χ3v) is 4.21. The number of fused-ring (bicyclic) bond motifs is 1. The first-order chi connectivity index (χ1) is 8.75. The standard InChI is InChI=1S/C15H9ClOS/c16-12-7-3-2-6-11(12)15(17)14-9-10-5-1-4-8-13(10)18-14/h1-9H. The normalized spacial score (nSPS) is 10.7. The second-order valence-electron chi connectivity index (χ2n) is 3.96. The molecule has 0 aliphatic rings. The van der Waals surface area contributed by atoms with E-state index in [4.69, 9.17) is 11.6 Å². The molecule has 88 valence electrons. The molecule has 0 saturated carbocycles. The van der Waals surface area contributed by atoms with E-state index in [1.807, 2.05) is 42.5 Å². The molecule has 0 amide bonds. The lowest BCUT2D eigenvalue weighted by Gasteiger charge is -1.99. The molecule has 0 N–H and O–H groups in total. The van der Waals surface area contributed by atoms with Crippen LogP contribution in [-0.4, -0.2) is 5.78 Å². The number of hydrogen-bond acceptors (Lipinski definition) is 2. The van der Waals surface area contributed by atoms with Gasteiger partial charge in [0, 0.05) is 10.3 Å². The molecule has 0 radical (unpaired) electrons. The zero-order valence-electron chi connectivity index (χ0n) is 9.39. The van der Waals surface area contributed by atoms with Crippen molar-refractivity contribution in [2.24, 2.45) is 0 Å². The first kappa shape index (κ1) is 11.5. The van der Waals surface area contributed by atoms with Crippen LogP contribution in [0, 0.1) is 0 Å². The number of rotatable bonds is 2. The summed E-state index contributed by atoms with van der Waals surface area (Å²) in [5.74, 6) is -0.0122. The van der Waals surface area contributed by atoms with Crippen molar-refractivity contribution in [2.75, 3.05) is 0 Å². The summed E-state index contributed by atoms with van der Waals surface area (Å²) >= 11 is 7.55. The van der Waals surface area contributed by atoms with E-state index in [2.05, 4.69) is 0 Å². The van der Waals surface area contributed by atoms with E-state index in [0.717, 1.165) is 15.0 Å². The second-order valence-corrected chi connectivity index (χ2v) is 5.45. The molecule has 1 heterocycles. The zero-order chi connectivity index (χ0) is 12.5. The summed E-state index contributed by atoms with van der Waals surface area (Å²) < 4.78 is 1.12. The molecule has 1 nitrogen and oxygen atoms in total. The van der Waals surface area contributed by atoms with E-state index in [1.165, 1.54) is 11.3 Å². The van der Waals surface area contributed by atoms with Crippen LogP contribution in [0.2, 0.25) is 5.02 Å². The van der Waals surface area contributed by atoms with Crippen LogP contribution in [-0.2, 0) is 0 Å². The molecular formula is C15H9ClOS. The van der Waals surface area contributed by atoms with Crippen molar-refractivity contribution >= 4 is 38.8 Å². The number of hydrogen-bond donors (Lipinski definition) is 0. The summed E-state index contributed by atoms with van der Waals surface area (Å²) in [5, 5.41) is 1.60. The lowest BCUT2D eigenvalue weighted by molar-refractivity contribution is 0.104. The molecule has 2 aromatic carbocycles. The number of thiophene rings is 1. The van der Waals surface area contributed by atoms with Gasteiger partial charge < -0.3 is 0 Å². The molecule has 0 bridgehead atoms. The van der Waals surface area contributed by atoms with Crippen molar-refractivity contribution in [1.82, 2.24) is 0 Å². The molecule has 0 aliphatic heterocycles. The Morgan fingerprint density at radius 2 is 1.72 bits per heavy atom. The Balaban J connectivity index is 2.10. The van der Waals surface area contributed by atoms with Gasteiger partial charge in [0.05, 0.1) is 9.90 Å². The minimum absolute atomic E-state index is 0.0122. The minimum Gasteiger partial charge on any atom is -0.288 e.